The Morgan fingerprint density at radius 1 is 1.78 bits per heavy atom. The van der Waals surface area contributed by atoms with E-state index in [1.165, 1.54) is 12.8 Å². The van der Waals surface area contributed by atoms with Gasteiger partial charge in [0.1, 0.15) is 0 Å². The molecule has 2 atom stereocenters. The third-order valence-electron chi connectivity index (χ3n) is 1.74. The van der Waals surface area contributed by atoms with Gasteiger partial charge in [-0.1, -0.05) is 6.92 Å². The molecule has 1 N–H and O–H groups in total. The maximum Gasteiger partial charge on any atom is 0.0829 e. The highest BCUT2D eigenvalue weighted by Crippen LogP contribution is 2.08. The van der Waals surface area contributed by atoms with Gasteiger partial charge in [-0.15, -0.1) is 0 Å². The van der Waals surface area contributed by atoms with Crippen LogP contribution in [0.4, 0.5) is 0 Å². The van der Waals surface area contributed by atoms with Crippen LogP contribution < -0.4 is 5.32 Å². The Labute approximate surface area is 56.4 Å². The highest BCUT2D eigenvalue weighted by Gasteiger charge is 2.11. The number of hydrogen-bond acceptors (Lipinski definition) is 2. The van der Waals surface area contributed by atoms with E-state index in [2.05, 4.69) is 24.2 Å². The molecule has 0 saturated carbocycles. The van der Waals surface area contributed by atoms with Crippen LogP contribution >= 0.6 is 0 Å². The van der Waals surface area contributed by atoms with Gasteiger partial charge in [0.05, 0.1) is 12.4 Å². The van der Waals surface area contributed by atoms with Gasteiger partial charge in [0.15, 0.2) is 0 Å². The highest BCUT2D eigenvalue weighted by molar-refractivity contribution is 5.56. The van der Waals surface area contributed by atoms with Crippen molar-refractivity contribution in [3.8, 4) is 0 Å². The first-order valence-electron chi connectivity index (χ1n) is 3.60. The zero-order valence-corrected chi connectivity index (χ0v) is 6.09. The first kappa shape index (κ1) is 6.59. The molecule has 0 fully saturated rings. The predicted molar refractivity (Wildman–Crippen MR) is 39.8 cm³/mol. The Balaban J connectivity index is 2.39. The molecule has 0 saturated heterocycles. The minimum atomic E-state index is 0.571. The van der Waals surface area contributed by atoms with E-state index in [4.69, 9.17) is 0 Å². The van der Waals surface area contributed by atoms with Gasteiger partial charge >= 0.3 is 0 Å². The predicted octanol–water partition coefficient (Wildman–Crippen LogP) is 1.18. The first-order chi connectivity index (χ1) is 4.33. The number of nitrogens with one attached hydrogen (secondary N) is 1. The lowest BCUT2D eigenvalue weighted by Crippen LogP contribution is -2.33. The smallest absolute Gasteiger partial charge is 0.0829 e. The van der Waals surface area contributed by atoms with Crippen LogP contribution in [0, 0.1) is 0 Å². The van der Waals surface area contributed by atoms with Gasteiger partial charge in [0.25, 0.3) is 0 Å². The second-order valence-corrected chi connectivity index (χ2v) is 2.64. The molecular formula is C7H14N2. The molecule has 1 heterocycles. The summed E-state index contributed by atoms with van der Waals surface area (Å²) in [5.74, 6) is 0. The number of nitrogens with zero attached hydrogens (tertiary/aromatic N) is 1. The van der Waals surface area contributed by atoms with E-state index < -0.39 is 0 Å². The van der Waals surface area contributed by atoms with E-state index in [1.54, 1.807) is 0 Å². The largest absolute Gasteiger partial charge is 0.374 e. The molecule has 0 spiro atoms. The fraction of sp³-hybridized carbons (Fsp3) is 0.857. The van der Waals surface area contributed by atoms with Crippen molar-refractivity contribution in [2.45, 2.75) is 38.8 Å². The molecule has 9 heavy (non-hydrogen) atoms. The molecule has 1 rings (SSSR count). The number of rotatable bonds is 1. The molecule has 0 aromatic heterocycles. The van der Waals surface area contributed by atoms with Crippen LogP contribution in [0.2, 0.25) is 0 Å². The van der Waals surface area contributed by atoms with Crippen molar-refractivity contribution in [1.82, 2.24) is 5.32 Å². The van der Waals surface area contributed by atoms with Crippen molar-refractivity contribution >= 4 is 6.34 Å². The van der Waals surface area contributed by atoms with E-state index in [0.717, 1.165) is 0 Å². The second kappa shape index (κ2) is 2.85. The minimum absolute atomic E-state index is 0.571. The molecule has 52 valence electrons. The Hall–Kier alpha value is -0.530. The average molecular weight is 126 g/mol. The molecule has 2 unspecified atom stereocenters. The number of aliphatic imine (C=N–C) groups is 1. The van der Waals surface area contributed by atoms with E-state index in [-0.39, 0.29) is 0 Å². The van der Waals surface area contributed by atoms with Gasteiger partial charge in [-0.25, -0.2) is 0 Å². The summed E-state index contributed by atoms with van der Waals surface area (Å²) in [6, 6.07) is 1.19. The Kier molecular flexibility index (Phi) is 2.09. The average Bonchev–Trinajstić information content (AvgIpc) is 1.88. The maximum absolute atomic E-state index is 4.26. The standard InChI is InChI=1S/C7H14N2/c1-3-7-4-6(2)8-5-9-7/h5-7H,3-4H2,1-2H3,(H,8,9). The van der Waals surface area contributed by atoms with E-state index in [9.17, 15) is 0 Å². The SMILES string of the molecule is CCC1CC(C)NC=N1. The lowest BCUT2D eigenvalue weighted by molar-refractivity contribution is 0.487. The van der Waals surface area contributed by atoms with Gasteiger partial charge < -0.3 is 5.32 Å². The zero-order chi connectivity index (χ0) is 6.69. The fourth-order valence-electron chi connectivity index (χ4n) is 1.08. The summed E-state index contributed by atoms with van der Waals surface area (Å²) in [4.78, 5) is 4.26. The maximum atomic E-state index is 4.26. The summed E-state index contributed by atoms with van der Waals surface area (Å²) in [5.41, 5.74) is 0. The molecule has 1 aliphatic rings. The Morgan fingerprint density at radius 3 is 3.00 bits per heavy atom. The first-order valence-corrected chi connectivity index (χ1v) is 3.60. The fourth-order valence-corrected chi connectivity index (χ4v) is 1.08. The molecule has 2 nitrogen and oxygen atoms in total. The highest BCUT2D eigenvalue weighted by atomic mass is 15.0. The Morgan fingerprint density at radius 2 is 2.56 bits per heavy atom. The van der Waals surface area contributed by atoms with E-state index in [1.807, 2.05) is 6.34 Å². The quantitative estimate of drug-likeness (QED) is 0.560. The van der Waals surface area contributed by atoms with Crippen LogP contribution in [0.3, 0.4) is 0 Å². The van der Waals surface area contributed by atoms with Gasteiger partial charge in [-0.3, -0.25) is 4.99 Å². The normalized spacial score (nSPS) is 34.0. The third kappa shape index (κ3) is 1.70. The molecule has 0 aliphatic carbocycles. The second-order valence-electron chi connectivity index (χ2n) is 2.64. The van der Waals surface area contributed by atoms with Crippen molar-refractivity contribution in [3.05, 3.63) is 0 Å². The van der Waals surface area contributed by atoms with Gasteiger partial charge in [-0.2, -0.15) is 0 Å². The molecule has 2 heteroatoms. The number of hydrogen-bond donors (Lipinski definition) is 1. The minimum Gasteiger partial charge on any atom is -0.374 e. The van der Waals surface area contributed by atoms with Crippen molar-refractivity contribution < 1.29 is 0 Å². The van der Waals surface area contributed by atoms with E-state index >= 15 is 0 Å². The van der Waals surface area contributed by atoms with Gasteiger partial charge in [-0.05, 0) is 19.8 Å². The van der Waals surface area contributed by atoms with Gasteiger partial charge in [0, 0.05) is 6.04 Å². The van der Waals surface area contributed by atoms with Crippen LogP contribution in [-0.2, 0) is 0 Å². The van der Waals surface area contributed by atoms with Crippen LogP contribution in [0.25, 0.3) is 0 Å². The topological polar surface area (TPSA) is 24.4 Å². The van der Waals surface area contributed by atoms with Crippen molar-refractivity contribution in [1.29, 1.82) is 0 Å². The van der Waals surface area contributed by atoms with Crippen LogP contribution in [0.5, 0.6) is 0 Å². The molecular weight excluding hydrogens is 112 g/mol. The molecule has 0 bridgehead atoms. The molecule has 0 radical (unpaired) electrons. The van der Waals surface area contributed by atoms with Crippen molar-refractivity contribution in [3.63, 3.8) is 0 Å². The van der Waals surface area contributed by atoms with Crippen LogP contribution in [0.15, 0.2) is 4.99 Å². The summed E-state index contributed by atoms with van der Waals surface area (Å²) < 4.78 is 0. The van der Waals surface area contributed by atoms with E-state index in [0.29, 0.717) is 12.1 Å². The molecule has 1 aliphatic heterocycles. The zero-order valence-electron chi connectivity index (χ0n) is 6.09. The van der Waals surface area contributed by atoms with Gasteiger partial charge in [0.2, 0.25) is 0 Å². The third-order valence-corrected chi connectivity index (χ3v) is 1.74. The van der Waals surface area contributed by atoms with Crippen LogP contribution in [-0.4, -0.2) is 18.4 Å². The summed E-state index contributed by atoms with van der Waals surface area (Å²) in [6.45, 7) is 4.37. The Bertz CT molecular complexity index is 109. The molecule has 0 aromatic carbocycles. The summed E-state index contributed by atoms with van der Waals surface area (Å²) >= 11 is 0. The van der Waals surface area contributed by atoms with Crippen LogP contribution in [0.1, 0.15) is 26.7 Å². The monoisotopic (exact) mass is 126 g/mol. The van der Waals surface area contributed by atoms with Crippen molar-refractivity contribution in [2.24, 2.45) is 4.99 Å². The lowest BCUT2D eigenvalue weighted by Gasteiger charge is -2.21. The molecule has 0 amide bonds. The summed E-state index contributed by atoms with van der Waals surface area (Å²) in [7, 11) is 0. The lowest BCUT2D eigenvalue weighted by atomic mass is 10.1. The summed E-state index contributed by atoms with van der Waals surface area (Å²) in [5, 5.41) is 3.15. The van der Waals surface area contributed by atoms with Crippen molar-refractivity contribution in [2.75, 3.05) is 0 Å². The summed E-state index contributed by atoms with van der Waals surface area (Å²) in [6.07, 6.45) is 4.19. The molecule has 0 aromatic rings.